The molecule has 2 aromatic rings. The average molecular weight is 472 g/mol. The van der Waals surface area contributed by atoms with Gasteiger partial charge in [-0.3, -0.25) is 4.79 Å². The summed E-state index contributed by atoms with van der Waals surface area (Å²) in [6.45, 7) is 0.635. The Bertz CT molecular complexity index is 990. The van der Waals surface area contributed by atoms with Gasteiger partial charge in [0.1, 0.15) is 17.4 Å². The number of rotatable bonds is 5. The van der Waals surface area contributed by atoms with Crippen LogP contribution in [-0.2, 0) is 15.2 Å². The summed E-state index contributed by atoms with van der Waals surface area (Å²) < 4.78 is 20.3. The Labute approximate surface area is 199 Å². The van der Waals surface area contributed by atoms with E-state index in [0.717, 1.165) is 56.2 Å². The van der Waals surface area contributed by atoms with Crippen molar-refractivity contribution in [3.63, 3.8) is 0 Å². The second-order valence-electron chi connectivity index (χ2n) is 9.48. The first-order valence-corrected chi connectivity index (χ1v) is 12.5. The van der Waals surface area contributed by atoms with Gasteiger partial charge in [-0.25, -0.2) is 4.39 Å². The number of amides is 1. The van der Waals surface area contributed by atoms with E-state index >= 15 is 0 Å². The first-order valence-electron chi connectivity index (χ1n) is 12.1. The van der Waals surface area contributed by atoms with Crippen molar-refractivity contribution in [2.24, 2.45) is 5.92 Å². The fourth-order valence-corrected chi connectivity index (χ4v) is 5.71. The fourth-order valence-electron chi connectivity index (χ4n) is 5.59. The zero-order valence-electron chi connectivity index (χ0n) is 18.7. The SMILES string of the molecule is O=C(NC1CCCCC1)C(C1CCCCO1)C1(c2ccc(Cl)cc2)Nc2ccc(F)cc2N1. The second kappa shape index (κ2) is 9.51. The topological polar surface area (TPSA) is 62.4 Å². The third-order valence-corrected chi connectivity index (χ3v) is 7.48. The Hall–Kier alpha value is -2.31. The van der Waals surface area contributed by atoms with Gasteiger partial charge in [-0.1, -0.05) is 43.0 Å². The molecule has 7 heteroatoms. The number of halogens is 2. The summed E-state index contributed by atoms with van der Waals surface area (Å²) in [6.07, 6.45) is 8.04. The van der Waals surface area contributed by atoms with Crippen molar-refractivity contribution >= 4 is 28.9 Å². The van der Waals surface area contributed by atoms with Crippen LogP contribution in [0, 0.1) is 11.7 Å². The van der Waals surface area contributed by atoms with Gasteiger partial charge < -0.3 is 20.7 Å². The monoisotopic (exact) mass is 471 g/mol. The van der Waals surface area contributed by atoms with Gasteiger partial charge in [0.05, 0.1) is 17.5 Å². The molecule has 33 heavy (non-hydrogen) atoms. The van der Waals surface area contributed by atoms with E-state index in [-0.39, 0.29) is 23.9 Å². The van der Waals surface area contributed by atoms with E-state index in [4.69, 9.17) is 16.3 Å². The molecule has 1 saturated carbocycles. The van der Waals surface area contributed by atoms with Gasteiger partial charge in [-0.15, -0.1) is 0 Å². The molecule has 0 aromatic heterocycles. The Morgan fingerprint density at radius 2 is 1.73 bits per heavy atom. The summed E-state index contributed by atoms with van der Waals surface area (Å²) in [5, 5.41) is 11.0. The molecule has 2 fully saturated rings. The summed E-state index contributed by atoms with van der Waals surface area (Å²) in [5.74, 6) is -0.916. The van der Waals surface area contributed by atoms with Crippen LogP contribution in [0.2, 0.25) is 5.02 Å². The number of nitrogens with one attached hydrogen (secondary N) is 3. The normalized spacial score (nSPS) is 26.1. The van der Waals surface area contributed by atoms with Gasteiger partial charge in [0.25, 0.3) is 0 Å². The highest BCUT2D eigenvalue weighted by Crippen LogP contribution is 2.47. The van der Waals surface area contributed by atoms with Crippen LogP contribution in [0.5, 0.6) is 0 Å². The summed E-state index contributed by atoms with van der Waals surface area (Å²) in [5.41, 5.74) is 1.27. The standard InChI is InChI=1S/C26H31ClFN3O2/c27-18-11-9-17(10-12-18)26(30-21-14-13-19(28)16-22(21)31-26)24(23-8-4-5-15-33-23)25(32)29-20-6-2-1-3-7-20/h9-14,16,20,23-24,30-31H,1-8,15H2,(H,29,32). The molecular formula is C26H31ClFN3O2. The Morgan fingerprint density at radius 1 is 1.00 bits per heavy atom. The molecule has 1 aliphatic carbocycles. The van der Waals surface area contributed by atoms with Crippen molar-refractivity contribution in [1.82, 2.24) is 5.32 Å². The molecule has 1 amide bonds. The lowest BCUT2D eigenvalue weighted by molar-refractivity contribution is -0.136. The molecule has 0 bridgehead atoms. The zero-order chi connectivity index (χ0) is 22.8. The zero-order valence-corrected chi connectivity index (χ0v) is 19.5. The van der Waals surface area contributed by atoms with E-state index in [1.807, 2.05) is 24.3 Å². The van der Waals surface area contributed by atoms with E-state index in [9.17, 15) is 9.18 Å². The summed E-state index contributed by atoms with van der Waals surface area (Å²) in [7, 11) is 0. The molecule has 3 aliphatic rings. The number of hydrogen-bond donors (Lipinski definition) is 3. The van der Waals surface area contributed by atoms with Crippen molar-refractivity contribution in [3.05, 3.63) is 58.9 Å². The van der Waals surface area contributed by atoms with Gasteiger partial charge in [-0.2, -0.15) is 0 Å². The van der Waals surface area contributed by atoms with Crippen LogP contribution in [0.3, 0.4) is 0 Å². The van der Waals surface area contributed by atoms with Crippen molar-refractivity contribution in [2.75, 3.05) is 17.2 Å². The van der Waals surface area contributed by atoms with Crippen LogP contribution >= 0.6 is 11.6 Å². The van der Waals surface area contributed by atoms with Crippen molar-refractivity contribution in [2.45, 2.75) is 69.2 Å². The third kappa shape index (κ3) is 4.56. The van der Waals surface area contributed by atoms with Crippen LogP contribution in [0.15, 0.2) is 42.5 Å². The van der Waals surface area contributed by atoms with Gasteiger partial charge in [-0.05, 0) is 68.0 Å². The lowest BCUT2D eigenvalue weighted by Crippen LogP contribution is -2.59. The van der Waals surface area contributed by atoms with Gasteiger partial charge in [0, 0.05) is 17.7 Å². The van der Waals surface area contributed by atoms with Crippen LogP contribution in [0.1, 0.15) is 56.9 Å². The minimum atomic E-state index is -0.985. The van der Waals surface area contributed by atoms with Gasteiger partial charge in [0.2, 0.25) is 5.91 Å². The second-order valence-corrected chi connectivity index (χ2v) is 9.92. The first-order chi connectivity index (χ1) is 16.0. The lowest BCUT2D eigenvalue weighted by atomic mass is 9.79. The highest BCUT2D eigenvalue weighted by molar-refractivity contribution is 6.30. The predicted octanol–water partition coefficient (Wildman–Crippen LogP) is 5.80. The summed E-state index contributed by atoms with van der Waals surface area (Å²) >= 11 is 6.20. The number of carbonyl (C=O) groups excluding carboxylic acids is 1. The molecule has 2 aromatic carbocycles. The molecule has 176 valence electrons. The Balaban J connectivity index is 1.57. The number of hydrogen-bond acceptors (Lipinski definition) is 4. The van der Waals surface area contributed by atoms with Crippen LogP contribution in [0.25, 0.3) is 0 Å². The fraction of sp³-hybridized carbons (Fsp3) is 0.500. The van der Waals surface area contributed by atoms with E-state index in [0.29, 0.717) is 17.3 Å². The molecule has 2 heterocycles. The van der Waals surface area contributed by atoms with Gasteiger partial charge in [0.15, 0.2) is 0 Å². The molecular weight excluding hydrogens is 441 g/mol. The maximum Gasteiger partial charge on any atom is 0.230 e. The molecule has 3 N–H and O–H groups in total. The molecule has 5 nitrogen and oxygen atoms in total. The first kappa shape index (κ1) is 22.5. The highest BCUT2D eigenvalue weighted by Gasteiger charge is 2.53. The third-order valence-electron chi connectivity index (χ3n) is 7.23. The Morgan fingerprint density at radius 3 is 2.45 bits per heavy atom. The van der Waals surface area contributed by atoms with Crippen LogP contribution in [0.4, 0.5) is 15.8 Å². The van der Waals surface area contributed by atoms with Crippen LogP contribution in [-0.4, -0.2) is 24.7 Å². The van der Waals surface area contributed by atoms with E-state index in [2.05, 4.69) is 16.0 Å². The highest BCUT2D eigenvalue weighted by atomic mass is 35.5. The maximum absolute atomic E-state index is 14.1. The van der Waals surface area contributed by atoms with E-state index in [1.165, 1.54) is 18.6 Å². The largest absolute Gasteiger partial charge is 0.377 e. The predicted molar refractivity (Wildman–Crippen MR) is 129 cm³/mol. The van der Waals surface area contributed by atoms with E-state index < -0.39 is 11.6 Å². The summed E-state index contributed by atoms with van der Waals surface area (Å²) in [6, 6.07) is 12.3. The molecule has 0 radical (unpaired) electrons. The van der Waals surface area contributed by atoms with Crippen molar-refractivity contribution in [3.8, 4) is 0 Å². The number of fused-ring (bicyclic) bond motifs is 1. The minimum Gasteiger partial charge on any atom is -0.377 e. The molecule has 3 unspecified atom stereocenters. The molecule has 3 atom stereocenters. The number of carbonyl (C=O) groups is 1. The number of anilines is 2. The quantitative estimate of drug-likeness (QED) is 0.515. The minimum absolute atomic E-state index is 0.0305. The summed E-state index contributed by atoms with van der Waals surface area (Å²) in [4.78, 5) is 14.0. The smallest absolute Gasteiger partial charge is 0.230 e. The number of ether oxygens (including phenoxy) is 1. The maximum atomic E-state index is 14.1. The molecule has 0 spiro atoms. The molecule has 1 saturated heterocycles. The molecule has 2 aliphatic heterocycles. The molecule has 5 rings (SSSR count). The van der Waals surface area contributed by atoms with Crippen LogP contribution < -0.4 is 16.0 Å². The van der Waals surface area contributed by atoms with Crippen molar-refractivity contribution < 1.29 is 13.9 Å². The van der Waals surface area contributed by atoms with E-state index in [1.54, 1.807) is 6.07 Å². The van der Waals surface area contributed by atoms with Gasteiger partial charge >= 0.3 is 0 Å². The lowest BCUT2D eigenvalue weighted by Gasteiger charge is -2.43. The average Bonchev–Trinajstić information content (AvgIpc) is 3.20. The number of benzene rings is 2. The Kier molecular flexibility index (Phi) is 6.48. The van der Waals surface area contributed by atoms with Crippen molar-refractivity contribution in [1.29, 1.82) is 0 Å².